The zero-order valence-corrected chi connectivity index (χ0v) is 17.1. The van der Waals surface area contributed by atoms with Gasteiger partial charge in [-0.25, -0.2) is 0 Å². The molecule has 0 aromatic heterocycles. The van der Waals surface area contributed by atoms with E-state index in [-0.39, 0.29) is 18.7 Å². The fourth-order valence-corrected chi connectivity index (χ4v) is 3.94. The van der Waals surface area contributed by atoms with E-state index in [1.807, 2.05) is 12.1 Å². The van der Waals surface area contributed by atoms with Gasteiger partial charge < -0.3 is 14.7 Å². The summed E-state index contributed by atoms with van der Waals surface area (Å²) in [5.74, 6) is -0.490. The second-order valence-corrected chi connectivity index (χ2v) is 7.63. The minimum absolute atomic E-state index is 0.262. The van der Waals surface area contributed by atoms with Gasteiger partial charge in [0, 0.05) is 10.6 Å². The van der Waals surface area contributed by atoms with Crippen molar-refractivity contribution < 1.29 is 19.4 Å². The van der Waals surface area contributed by atoms with Crippen LogP contribution in [0.3, 0.4) is 0 Å². The number of ether oxygens (including phenoxy) is 1. The minimum Gasteiger partial charge on any atom is -0.496 e. The van der Waals surface area contributed by atoms with Gasteiger partial charge in [0.05, 0.1) is 31.3 Å². The number of halogens is 1. The maximum absolute atomic E-state index is 13.3. The zero-order chi connectivity index (χ0) is 21.3. The smallest absolute Gasteiger partial charge is 0.264 e. The standard InChI is InChI=1S/C24H20ClNO4/c1-30-22-9-5-2-6-18(22)21(27)14-24(29)19-7-3-4-8-20(19)26(23(24)28)15-16-10-12-17(25)13-11-16/h2-13,29H,14-15H2,1H3/t24-/m0/s1. The number of carbonyl (C=O) groups is 2. The van der Waals surface area contributed by atoms with Crippen molar-refractivity contribution >= 4 is 29.0 Å². The molecule has 0 fully saturated rings. The topological polar surface area (TPSA) is 66.8 Å². The van der Waals surface area contributed by atoms with Crippen LogP contribution >= 0.6 is 11.6 Å². The van der Waals surface area contributed by atoms with E-state index in [0.717, 1.165) is 5.56 Å². The summed E-state index contributed by atoms with van der Waals surface area (Å²) in [5.41, 5.74) is 0.263. The number of nitrogens with zero attached hydrogens (tertiary/aromatic N) is 1. The van der Waals surface area contributed by atoms with Crippen LogP contribution in [-0.4, -0.2) is 23.9 Å². The van der Waals surface area contributed by atoms with E-state index in [4.69, 9.17) is 16.3 Å². The summed E-state index contributed by atoms with van der Waals surface area (Å²) in [6.07, 6.45) is -0.375. The quantitative estimate of drug-likeness (QED) is 0.601. The van der Waals surface area contributed by atoms with Gasteiger partial charge >= 0.3 is 0 Å². The lowest BCUT2D eigenvalue weighted by atomic mass is 9.88. The molecular formula is C24H20ClNO4. The number of rotatable bonds is 6. The van der Waals surface area contributed by atoms with Crippen LogP contribution < -0.4 is 9.64 Å². The predicted octanol–water partition coefficient (Wildman–Crippen LogP) is 4.36. The van der Waals surface area contributed by atoms with Gasteiger partial charge in [0.15, 0.2) is 11.4 Å². The molecular weight excluding hydrogens is 402 g/mol. The summed E-state index contributed by atoms with van der Waals surface area (Å²) in [6, 6.07) is 20.9. The van der Waals surface area contributed by atoms with Gasteiger partial charge in [-0.1, -0.05) is 54.1 Å². The van der Waals surface area contributed by atoms with E-state index in [0.29, 0.717) is 27.6 Å². The van der Waals surface area contributed by atoms with E-state index >= 15 is 0 Å². The lowest BCUT2D eigenvalue weighted by Gasteiger charge is -2.23. The van der Waals surface area contributed by atoms with E-state index < -0.39 is 11.5 Å². The maximum Gasteiger partial charge on any atom is 0.264 e. The van der Waals surface area contributed by atoms with Crippen LogP contribution in [0.15, 0.2) is 72.8 Å². The van der Waals surface area contributed by atoms with Crippen LogP contribution in [0.2, 0.25) is 5.02 Å². The fourth-order valence-electron chi connectivity index (χ4n) is 3.81. The Labute approximate surface area is 179 Å². The predicted molar refractivity (Wildman–Crippen MR) is 115 cm³/mol. The van der Waals surface area contributed by atoms with Crippen LogP contribution in [0.4, 0.5) is 5.69 Å². The van der Waals surface area contributed by atoms with Crippen molar-refractivity contribution in [3.63, 3.8) is 0 Å². The van der Waals surface area contributed by atoms with Gasteiger partial charge in [0.25, 0.3) is 5.91 Å². The molecule has 1 amide bonds. The monoisotopic (exact) mass is 421 g/mol. The average molecular weight is 422 g/mol. The number of aliphatic hydroxyl groups is 1. The Hall–Kier alpha value is -3.15. The van der Waals surface area contributed by atoms with Crippen LogP contribution in [0.5, 0.6) is 5.75 Å². The summed E-state index contributed by atoms with van der Waals surface area (Å²) in [6.45, 7) is 0.262. The highest BCUT2D eigenvalue weighted by atomic mass is 35.5. The SMILES string of the molecule is COc1ccccc1C(=O)C[C@@]1(O)C(=O)N(Cc2ccc(Cl)cc2)c2ccccc21. The number of hydrogen-bond acceptors (Lipinski definition) is 4. The maximum atomic E-state index is 13.3. The third kappa shape index (κ3) is 3.47. The minimum atomic E-state index is -1.94. The Bertz CT molecular complexity index is 1110. The van der Waals surface area contributed by atoms with Crippen molar-refractivity contribution in [2.24, 2.45) is 0 Å². The summed E-state index contributed by atoms with van der Waals surface area (Å²) >= 11 is 5.96. The number of carbonyl (C=O) groups excluding carboxylic acids is 2. The van der Waals surface area contributed by atoms with Gasteiger partial charge in [0.1, 0.15) is 5.75 Å². The molecule has 5 nitrogen and oxygen atoms in total. The first-order chi connectivity index (χ1) is 14.4. The van der Waals surface area contributed by atoms with E-state index in [1.54, 1.807) is 60.7 Å². The van der Waals surface area contributed by atoms with Gasteiger partial charge in [0.2, 0.25) is 0 Å². The van der Waals surface area contributed by atoms with Crippen LogP contribution in [0, 0.1) is 0 Å². The Morgan fingerprint density at radius 2 is 1.70 bits per heavy atom. The molecule has 1 aliphatic heterocycles. The van der Waals surface area contributed by atoms with Crippen LogP contribution in [0.25, 0.3) is 0 Å². The molecule has 0 saturated carbocycles. The fraction of sp³-hybridized carbons (Fsp3) is 0.167. The second-order valence-electron chi connectivity index (χ2n) is 7.20. The second kappa shape index (κ2) is 7.94. The summed E-state index contributed by atoms with van der Waals surface area (Å²) in [7, 11) is 1.48. The Balaban J connectivity index is 1.68. The van der Waals surface area contributed by atoms with E-state index in [9.17, 15) is 14.7 Å². The van der Waals surface area contributed by atoms with Crippen LogP contribution in [-0.2, 0) is 16.9 Å². The Morgan fingerprint density at radius 1 is 1.03 bits per heavy atom. The van der Waals surface area contributed by atoms with E-state index in [1.165, 1.54) is 12.0 Å². The first-order valence-electron chi connectivity index (χ1n) is 9.48. The number of amides is 1. The highest BCUT2D eigenvalue weighted by molar-refractivity contribution is 6.30. The molecule has 0 saturated heterocycles. The molecule has 6 heteroatoms. The third-order valence-electron chi connectivity index (χ3n) is 5.32. The molecule has 4 rings (SSSR count). The molecule has 3 aromatic rings. The van der Waals surface area contributed by atoms with Gasteiger partial charge in [-0.2, -0.15) is 0 Å². The average Bonchev–Trinajstić information content (AvgIpc) is 2.97. The number of anilines is 1. The van der Waals surface area contributed by atoms with Crippen molar-refractivity contribution in [3.8, 4) is 5.75 Å². The van der Waals surface area contributed by atoms with Gasteiger partial charge in [-0.3, -0.25) is 9.59 Å². The Kier molecular flexibility index (Phi) is 5.33. The normalized spacial score (nSPS) is 17.7. The molecule has 1 N–H and O–H groups in total. The first-order valence-corrected chi connectivity index (χ1v) is 9.86. The van der Waals surface area contributed by atoms with Crippen LogP contribution in [0.1, 0.15) is 27.9 Å². The summed E-state index contributed by atoms with van der Waals surface area (Å²) in [4.78, 5) is 27.9. The number of hydrogen-bond donors (Lipinski definition) is 1. The lowest BCUT2D eigenvalue weighted by Crippen LogP contribution is -2.41. The molecule has 0 aliphatic carbocycles. The molecule has 30 heavy (non-hydrogen) atoms. The summed E-state index contributed by atoms with van der Waals surface area (Å²) in [5, 5.41) is 12.0. The molecule has 0 bridgehead atoms. The highest BCUT2D eigenvalue weighted by Gasteiger charge is 2.50. The van der Waals surface area contributed by atoms with Gasteiger partial charge in [-0.05, 0) is 35.9 Å². The number of methoxy groups -OCH3 is 1. The molecule has 0 spiro atoms. The van der Waals surface area contributed by atoms with Crippen molar-refractivity contribution in [3.05, 3.63) is 94.5 Å². The van der Waals surface area contributed by atoms with Crippen molar-refractivity contribution in [1.29, 1.82) is 0 Å². The van der Waals surface area contributed by atoms with Gasteiger partial charge in [-0.15, -0.1) is 0 Å². The number of ketones is 1. The molecule has 1 atom stereocenters. The largest absolute Gasteiger partial charge is 0.496 e. The van der Waals surface area contributed by atoms with Crippen molar-refractivity contribution in [2.75, 3.05) is 12.0 Å². The molecule has 152 valence electrons. The van der Waals surface area contributed by atoms with Crippen molar-refractivity contribution in [2.45, 2.75) is 18.6 Å². The summed E-state index contributed by atoms with van der Waals surface area (Å²) < 4.78 is 5.26. The third-order valence-corrected chi connectivity index (χ3v) is 5.57. The van der Waals surface area contributed by atoms with Crippen molar-refractivity contribution in [1.82, 2.24) is 0 Å². The highest BCUT2D eigenvalue weighted by Crippen LogP contribution is 2.43. The molecule has 0 radical (unpaired) electrons. The molecule has 1 heterocycles. The number of benzene rings is 3. The molecule has 3 aromatic carbocycles. The number of para-hydroxylation sites is 2. The molecule has 1 aliphatic rings. The first kappa shape index (κ1) is 20.1. The zero-order valence-electron chi connectivity index (χ0n) is 16.3. The Morgan fingerprint density at radius 3 is 2.43 bits per heavy atom. The number of Topliss-reactive ketones (excluding diaryl/α,β-unsaturated/α-hetero) is 1. The number of fused-ring (bicyclic) bond motifs is 1. The lowest BCUT2D eigenvalue weighted by molar-refractivity contribution is -0.136. The van der Waals surface area contributed by atoms with E-state index in [2.05, 4.69) is 0 Å². The molecule has 0 unspecified atom stereocenters.